The summed E-state index contributed by atoms with van der Waals surface area (Å²) in [6.07, 6.45) is 7.27. The van der Waals surface area contributed by atoms with Crippen LogP contribution in [0.5, 0.6) is 11.5 Å². The van der Waals surface area contributed by atoms with E-state index in [0.717, 1.165) is 68.4 Å². The molecule has 1 aliphatic heterocycles. The number of ether oxygens (including phenoxy) is 3. The van der Waals surface area contributed by atoms with Gasteiger partial charge in [-0.1, -0.05) is 13.0 Å². The maximum Gasteiger partial charge on any atom is 0.161 e. The van der Waals surface area contributed by atoms with Crippen LogP contribution in [0.15, 0.2) is 30.6 Å². The van der Waals surface area contributed by atoms with E-state index < -0.39 is 0 Å². The molecule has 2 aromatic rings. The molecule has 1 aliphatic rings. The molecule has 0 saturated carbocycles. The number of aryl methyl sites for hydroxylation is 1. The fourth-order valence-electron chi connectivity index (χ4n) is 3.40. The molecule has 1 aromatic carbocycles. The highest BCUT2D eigenvalue weighted by Crippen LogP contribution is 2.28. The molecule has 1 aromatic heterocycles. The van der Waals surface area contributed by atoms with Gasteiger partial charge in [0.2, 0.25) is 0 Å². The molecule has 146 valence electrons. The van der Waals surface area contributed by atoms with Crippen LogP contribution < -0.4 is 9.47 Å². The van der Waals surface area contributed by atoms with Crippen LogP contribution >= 0.6 is 0 Å². The van der Waals surface area contributed by atoms with Gasteiger partial charge in [-0.25, -0.2) is 9.97 Å². The second-order valence-electron chi connectivity index (χ2n) is 6.86. The van der Waals surface area contributed by atoms with Gasteiger partial charge in [0.25, 0.3) is 0 Å². The normalized spacial score (nSPS) is 16.7. The molecule has 2 heterocycles. The summed E-state index contributed by atoms with van der Waals surface area (Å²) in [5.41, 5.74) is 2.29. The third-order valence-corrected chi connectivity index (χ3v) is 4.82. The fraction of sp³-hybridized carbons (Fsp3) is 0.524. The van der Waals surface area contributed by atoms with Crippen LogP contribution in [0.3, 0.4) is 0 Å². The van der Waals surface area contributed by atoms with Gasteiger partial charge in [0.1, 0.15) is 5.82 Å². The molecular formula is C21H29N3O3. The van der Waals surface area contributed by atoms with Crippen LogP contribution in [0.2, 0.25) is 0 Å². The Bertz CT molecular complexity index is 715. The highest BCUT2D eigenvalue weighted by Gasteiger charge is 2.20. The van der Waals surface area contributed by atoms with Crippen LogP contribution in [0.4, 0.5) is 0 Å². The molecule has 1 unspecified atom stereocenters. The smallest absolute Gasteiger partial charge is 0.161 e. The van der Waals surface area contributed by atoms with Crippen LogP contribution in [0.25, 0.3) is 0 Å². The first-order valence-corrected chi connectivity index (χ1v) is 9.56. The number of hydrogen-bond acceptors (Lipinski definition) is 6. The number of nitrogens with zero attached hydrogens (tertiary/aromatic N) is 3. The lowest BCUT2D eigenvalue weighted by molar-refractivity contribution is 0.0678. The standard InChI is InChI=1S/C21H29N3O3/c1-4-21-22-11-17(12-23-21)14-24(15-18-6-5-9-27-18)13-16-7-8-19(25-2)20(10-16)26-3/h7-8,10-12,18H,4-6,9,13-15H2,1-3H3. The van der Waals surface area contributed by atoms with Crippen molar-refractivity contribution in [2.45, 2.75) is 45.4 Å². The summed E-state index contributed by atoms with van der Waals surface area (Å²) >= 11 is 0. The molecule has 0 radical (unpaired) electrons. The van der Waals surface area contributed by atoms with E-state index in [-0.39, 0.29) is 0 Å². The SMILES string of the molecule is CCc1ncc(CN(Cc2ccc(OC)c(OC)c2)CC2CCCO2)cn1. The van der Waals surface area contributed by atoms with Gasteiger partial charge in [0.15, 0.2) is 11.5 Å². The van der Waals surface area contributed by atoms with Crippen LogP contribution in [0.1, 0.15) is 36.7 Å². The Kier molecular flexibility index (Phi) is 7.01. The van der Waals surface area contributed by atoms with Crippen molar-refractivity contribution < 1.29 is 14.2 Å². The molecule has 6 heteroatoms. The average Bonchev–Trinajstić information content (AvgIpc) is 3.21. The minimum atomic E-state index is 0.293. The van der Waals surface area contributed by atoms with E-state index in [9.17, 15) is 0 Å². The quantitative estimate of drug-likeness (QED) is 0.674. The van der Waals surface area contributed by atoms with E-state index in [1.165, 1.54) is 5.56 Å². The van der Waals surface area contributed by atoms with Gasteiger partial charge in [0.05, 0.1) is 20.3 Å². The average molecular weight is 371 g/mol. The second kappa shape index (κ2) is 9.67. The number of rotatable bonds is 9. The van der Waals surface area contributed by atoms with Gasteiger partial charge < -0.3 is 14.2 Å². The largest absolute Gasteiger partial charge is 0.493 e. The molecule has 0 aliphatic carbocycles. The van der Waals surface area contributed by atoms with Gasteiger partial charge in [-0.3, -0.25) is 4.90 Å². The lowest BCUT2D eigenvalue weighted by Gasteiger charge is -2.25. The van der Waals surface area contributed by atoms with Gasteiger partial charge in [0, 0.05) is 50.6 Å². The number of benzene rings is 1. The number of hydrogen-bond donors (Lipinski definition) is 0. The maximum absolute atomic E-state index is 5.86. The van der Waals surface area contributed by atoms with Crippen molar-refractivity contribution in [2.24, 2.45) is 0 Å². The molecular weight excluding hydrogens is 342 g/mol. The Balaban J connectivity index is 1.74. The Labute approximate surface area is 161 Å². The van der Waals surface area contributed by atoms with Crippen LogP contribution in [-0.2, 0) is 24.2 Å². The van der Waals surface area contributed by atoms with Crippen LogP contribution in [-0.4, -0.2) is 48.3 Å². The summed E-state index contributed by atoms with van der Waals surface area (Å²) in [5.74, 6) is 2.38. The lowest BCUT2D eigenvalue weighted by Crippen LogP contribution is -2.31. The van der Waals surface area contributed by atoms with Gasteiger partial charge in [-0.2, -0.15) is 0 Å². The van der Waals surface area contributed by atoms with Crippen molar-refractivity contribution in [3.8, 4) is 11.5 Å². The van der Waals surface area contributed by atoms with E-state index in [1.54, 1.807) is 14.2 Å². The first kappa shape index (κ1) is 19.6. The van der Waals surface area contributed by atoms with E-state index in [1.807, 2.05) is 24.5 Å². The lowest BCUT2D eigenvalue weighted by atomic mass is 10.1. The summed E-state index contributed by atoms with van der Waals surface area (Å²) in [6, 6.07) is 6.08. The third kappa shape index (κ3) is 5.40. The highest BCUT2D eigenvalue weighted by molar-refractivity contribution is 5.42. The molecule has 0 amide bonds. The molecule has 1 saturated heterocycles. The Hall–Kier alpha value is -2.18. The monoisotopic (exact) mass is 371 g/mol. The van der Waals surface area contributed by atoms with E-state index in [0.29, 0.717) is 6.10 Å². The Morgan fingerprint density at radius 2 is 1.81 bits per heavy atom. The predicted octanol–water partition coefficient (Wildman–Crippen LogP) is 3.24. The zero-order valence-electron chi connectivity index (χ0n) is 16.5. The van der Waals surface area contributed by atoms with E-state index in [4.69, 9.17) is 14.2 Å². The van der Waals surface area contributed by atoms with E-state index >= 15 is 0 Å². The Morgan fingerprint density at radius 3 is 2.44 bits per heavy atom. The van der Waals surface area contributed by atoms with Gasteiger partial charge in [-0.05, 0) is 30.5 Å². The molecule has 0 spiro atoms. The second-order valence-corrected chi connectivity index (χ2v) is 6.86. The Morgan fingerprint density at radius 1 is 1.07 bits per heavy atom. The van der Waals surface area contributed by atoms with Crippen molar-refractivity contribution in [1.29, 1.82) is 0 Å². The highest BCUT2D eigenvalue weighted by atomic mass is 16.5. The predicted molar refractivity (Wildman–Crippen MR) is 104 cm³/mol. The number of methoxy groups -OCH3 is 2. The summed E-state index contributed by atoms with van der Waals surface area (Å²) in [4.78, 5) is 11.3. The summed E-state index contributed by atoms with van der Waals surface area (Å²) in [7, 11) is 3.32. The third-order valence-electron chi connectivity index (χ3n) is 4.82. The van der Waals surface area contributed by atoms with Crippen molar-refractivity contribution in [1.82, 2.24) is 14.9 Å². The minimum Gasteiger partial charge on any atom is -0.493 e. The molecule has 0 bridgehead atoms. The van der Waals surface area contributed by atoms with Crippen molar-refractivity contribution in [2.75, 3.05) is 27.4 Å². The molecule has 3 rings (SSSR count). The summed E-state index contributed by atoms with van der Waals surface area (Å²) < 4.78 is 16.7. The van der Waals surface area contributed by atoms with Gasteiger partial charge in [-0.15, -0.1) is 0 Å². The topological polar surface area (TPSA) is 56.7 Å². The zero-order valence-corrected chi connectivity index (χ0v) is 16.5. The van der Waals surface area contributed by atoms with Crippen molar-refractivity contribution in [3.63, 3.8) is 0 Å². The first-order chi connectivity index (χ1) is 13.2. The number of aromatic nitrogens is 2. The minimum absolute atomic E-state index is 0.293. The zero-order chi connectivity index (χ0) is 19.1. The summed E-state index contributed by atoms with van der Waals surface area (Å²) in [6.45, 7) is 5.41. The van der Waals surface area contributed by atoms with Crippen molar-refractivity contribution >= 4 is 0 Å². The molecule has 1 fully saturated rings. The molecule has 6 nitrogen and oxygen atoms in total. The van der Waals surface area contributed by atoms with E-state index in [2.05, 4.69) is 27.9 Å². The summed E-state index contributed by atoms with van der Waals surface area (Å²) in [5, 5.41) is 0. The van der Waals surface area contributed by atoms with Gasteiger partial charge >= 0.3 is 0 Å². The maximum atomic E-state index is 5.86. The molecule has 27 heavy (non-hydrogen) atoms. The molecule has 0 N–H and O–H groups in total. The molecule has 1 atom stereocenters. The first-order valence-electron chi connectivity index (χ1n) is 9.56. The van der Waals surface area contributed by atoms with Crippen molar-refractivity contribution in [3.05, 3.63) is 47.5 Å². The fourth-order valence-corrected chi connectivity index (χ4v) is 3.40. The van der Waals surface area contributed by atoms with Crippen LogP contribution in [0, 0.1) is 0 Å².